The van der Waals surface area contributed by atoms with Gasteiger partial charge in [-0.05, 0) is 70.7 Å². The van der Waals surface area contributed by atoms with Crippen molar-refractivity contribution in [1.82, 2.24) is 29.7 Å². The summed E-state index contributed by atoms with van der Waals surface area (Å²) in [6.07, 6.45) is 2.99. The Labute approximate surface area is 280 Å². The molecule has 1 saturated carbocycles. The first-order valence-electron chi connectivity index (χ1n) is 16.9. The minimum absolute atomic E-state index is 0.0287. The second-order valence-electron chi connectivity index (χ2n) is 14.4. The SMILES string of the molecule is COc1cc(C(=O)N2CCC[C@@H](NC(=O)OC(C)(C)C)C2)cc2nc(-c3cc4cccc5c4n3CCN5C3CC(NC(C)=O)C3)n(C)c12. The number of rotatable bonds is 6. The highest BCUT2D eigenvalue weighted by molar-refractivity contribution is 6.01. The largest absolute Gasteiger partial charge is 0.494 e. The molecule has 12 heteroatoms. The lowest BCUT2D eigenvalue weighted by atomic mass is 9.84. The monoisotopic (exact) mass is 655 g/mol. The lowest BCUT2D eigenvalue weighted by molar-refractivity contribution is -0.120. The van der Waals surface area contributed by atoms with Gasteiger partial charge >= 0.3 is 6.09 Å². The van der Waals surface area contributed by atoms with Gasteiger partial charge in [-0.3, -0.25) is 9.59 Å². The van der Waals surface area contributed by atoms with Crippen LogP contribution in [0.2, 0.25) is 0 Å². The van der Waals surface area contributed by atoms with Crippen LogP contribution in [-0.2, 0) is 23.1 Å². The number of aryl methyl sites for hydroxylation is 1. The molecular formula is C36H45N7O5. The minimum atomic E-state index is -0.592. The van der Waals surface area contributed by atoms with Crippen LogP contribution in [0.25, 0.3) is 33.5 Å². The number of carbonyl (C=O) groups is 3. The number of amides is 3. The average Bonchev–Trinajstić information content (AvgIpc) is 3.55. The third-order valence-corrected chi connectivity index (χ3v) is 9.79. The van der Waals surface area contributed by atoms with Crippen molar-refractivity contribution in [2.24, 2.45) is 7.05 Å². The van der Waals surface area contributed by atoms with Gasteiger partial charge in [0, 0.05) is 69.2 Å². The number of aromatic nitrogens is 3. The normalized spacial score (nSPS) is 20.8. The van der Waals surface area contributed by atoms with Crippen LogP contribution in [0.5, 0.6) is 5.75 Å². The van der Waals surface area contributed by atoms with Gasteiger partial charge in [-0.25, -0.2) is 9.78 Å². The zero-order chi connectivity index (χ0) is 33.9. The van der Waals surface area contributed by atoms with E-state index >= 15 is 0 Å². The summed E-state index contributed by atoms with van der Waals surface area (Å²) in [7, 11) is 3.61. The predicted molar refractivity (Wildman–Crippen MR) is 184 cm³/mol. The van der Waals surface area contributed by atoms with E-state index in [1.165, 1.54) is 11.2 Å². The number of carbonyl (C=O) groups excluding carboxylic acids is 3. The Morgan fingerprint density at radius 2 is 1.77 bits per heavy atom. The summed E-state index contributed by atoms with van der Waals surface area (Å²) in [5.41, 5.74) is 4.83. The number of nitrogens with zero attached hydrogens (tertiary/aromatic N) is 5. The number of hydrogen-bond donors (Lipinski definition) is 2. The van der Waals surface area contributed by atoms with Gasteiger partial charge in [0.2, 0.25) is 5.91 Å². The summed E-state index contributed by atoms with van der Waals surface area (Å²) in [6.45, 7) is 9.76. The van der Waals surface area contributed by atoms with E-state index in [9.17, 15) is 14.4 Å². The van der Waals surface area contributed by atoms with E-state index in [2.05, 4.69) is 48.9 Å². The van der Waals surface area contributed by atoms with Gasteiger partial charge in [0.15, 0.2) is 5.82 Å². The second kappa shape index (κ2) is 12.1. The van der Waals surface area contributed by atoms with E-state index < -0.39 is 11.7 Å². The first kappa shape index (κ1) is 31.8. The molecule has 3 aliphatic rings. The predicted octanol–water partition coefficient (Wildman–Crippen LogP) is 4.82. The van der Waals surface area contributed by atoms with Gasteiger partial charge in [-0.1, -0.05) is 12.1 Å². The van der Waals surface area contributed by atoms with Gasteiger partial charge in [0.25, 0.3) is 5.91 Å². The van der Waals surface area contributed by atoms with E-state index in [1.54, 1.807) is 25.0 Å². The number of anilines is 1. The number of piperidine rings is 1. The Balaban J connectivity index is 1.17. The number of nitrogens with one attached hydrogen (secondary N) is 2. The molecule has 0 spiro atoms. The molecule has 3 amide bonds. The summed E-state index contributed by atoms with van der Waals surface area (Å²) in [6, 6.07) is 12.8. The summed E-state index contributed by atoms with van der Waals surface area (Å²) >= 11 is 0. The number of likely N-dealkylation sites (tertiary alicyclic amines) is 1. The molecule has 2 aromatic heterocycles. The standard InChI is InChI=1S/C36H45N7O5/c1-21(44)37-25-18-26(19-25)42-13-14-43-29(16-22-9-7-11-28(42)31(22)43)33-39-27-15-23(17-30(47-6)32(27)40(33)5)34(45)41-12-8-10-24(20-41)38-35(46)48-36(2,3)4/h7,9,11,15-17,24-26H,8,10,12-14,18-20H2,1-6H3,(H,37,44)(H,38,46)/t24-,25?,26?/m1/s1. The molecular weight excluding hydrogens is 610 g/mol. The zero-order valence-electron chi connectivity index (χ0n) is 28.6. The molecule has 2 aliphatic heterocycles. The van der Waals surface area contributed by atoms with E-state index in [0.29, 0.717) is 36.0 Å². The van der Waals surface area contributed by atoms with Crippen LogP contribution in [0.15, 0.2) is 36.4 Å². The van der Waals surface area contributed by atoms with E-state index in [-0.39, 0.29) is 23.9 Å². The lowest BCUT2D eigenvalue weighted by Gasteiger charge is -2.46. The summed E-state index contributed by atoms with van der Waals surface area (Å²) in [5, 5.41) is 7.14. The fraction of sp³-hybridized carbons (Fsp3) is 0.500. The minimum Gasteiger partial charge on any atom is -0.494 e. The Hall–Kier alpha value is -4.74. The molecule has 2 fully saturated rings. The topological polar surface area (TPSA) is 123 Å². The maximum Gasteiger partial charge on any atom is 0.407 e. The summed E-state index contributed by atoms with van der Waals surface area (Å²) in [5.74, 6) is 1.29. The van der Waals surface area contributed by atoms with Gasteiger partial charge in [0.1, 0.15) is 16.9 Å². The molecule has 48 heavy (non-hydrogen) atoms. The maximum absolute atomic E-state index is 13.8. The molecule has 4 aromatic rings. The highest BCUT2D eigenvalue weighted by Gasteiger charge is 2.37. The van der Waals surface area contributed by atoms with Gasteiger partial charge in [-0.2, -0.15) is 0 Å². The highest BCUT2D eigenvalue weighted by atomic mass is 16.6. The Bertz CT molecular complexity index is 1920. The molecule has 0 bridgehead atoms. The highest BCUT2D eigenvalue weighted by Crippen LogP contribution is 2.41. The number of ether oxygens (including phenoxy) is 2. The van der Waals surface area contributed by atoms with Crippen molar-refractivity contribution in [2.75, 3.05) is 31.6 Å². The number of hydrogen-bond acceptors (Lipinski definition) is 7. The first-order chi connectivity index (χ1) is 22.9. The summed E-state index contributed by atoms with van der Waals surface area (Å²) < 4.78 is 15.7. The van der Waals surface area contributed by atoms with Crippen molar-refractivity contribution < 1.29 is 23.9 Å². The average molecular weight is 656 g/mol. The van der Waals surface area contributed by atoms with E-state index in [4.69, 9.17) is 14.5 Å². The van der Waals surface area contributed by atoms with Crippen LogP contribution >= 0.6 is 0 Å². The fourth-order valence-electron chi connectivity index (χ4n) is 7.66. The van der Waals surface area contributed by atoms with Crippen molar-refractivity contribution >= 4 is 45.5 Å². The van der Waals surface area contributed by atoms with E-state index in [1.807, 2.05) is 33.9 Å². The van der Waals surface area contributed by atoms with Crippen molar-refractivity contribution in [1.29, 1.82) is 0 Å². The first-order valence-corrected chi connectivity index (χ1v) is 16.9. The fourth-order valence-corrected chi connectivity index (χ4v) is 7.66. The van der Waals surface area contributed by atoms with Gasteiger partial charge in [0.05, 0.1) is 29.5 Å². The molecule has 1 saturated heterocycles. The number of alkyl carbamates (subject to hydrolysis) is 1. The molecule has 1 aliphatic carbocycles. The molecule has 4 heterocycles. The number of benzene rings is 2. The number of para-hydroxylation sites is 1. The van der Waals surface area contributed by atoms with Crippen molar-refractivity contribution in [3.05, 3.63) is 42.0 Å². The van der Waals surface area contributed by atoms with Crippen LogP contribution in [0.1, 0.15) is 63.7 Å². The maximum atomic E-state index is 13.8. The molecule has 12 nitrogen and oxygen atoms in total. The molecule has 2 aromatic carbocycles. The third-order valence-electron chi connectivity index (χ3n) is 9.79. The van der Waals surface area contributed by atoms with Crippen molar-refractivity contribution in [2.45, 2.75) is 83.6 Å². The third kappa shape index (κ3) is 5.81. The Morgan fingerprint density at radius 3 is 2.50 bits per heavy atom. The number of methoxy groups -OCH3 is 1. The van der Waals surface area contributed by atoms with Crippen molar-refractivity contribution in [3.63, 3.8) is 0 Å². The smallest absolute Gasteiger partial charge is 0.407 e. The van der Waals surface area contributed by atoms with Crippen LogP contribution in [0.3, 0.4) is 0 Å². The zero-order valence-corrected chi connectivity index (χ0v) is 28.6. The summed E-state index contributed by atoms with van der Waals surface area (Å²) in [4.78, 5) is 47.2. The van der Waals surface area contributed by atoms with Gasteiger partial charge in [-0.15, -0.1) is 0 Å². The van der Waals surface area contributed by atoms with Crippen LogP contribution in [0, 0.1) is 0 Å². The molecule has 254 valence electrons. The van der Waals surface area contributed by atoms with Crippen LogP contribution < -0.4 is 20.3 Å². The number of fused-ring (bicyclic) bond motifs is 1. The Kier molecular flexibility index (Phi) is 7.99. The molecule has 2 N–H and O–H groups in total. The Morgan fingerprint density at radius 1 is 0.979 bits per heavy atom. The van der Waals surface area contributed by atoms with Gasteiger partial charge < -0.3 is 39.0 Å². The quantitative estimate of drug-likeness (QED) is 0.306. The molecule has 0 radical (unpaired) electrons. The van der Waals surface area contributed by atoms with Crippen LogP contribution in [0.4, 0.5) is 10.5 Å². The van der Waals surface area contributed by atoms with E-state index in [0.717, 1.165) is 61.2 Å². The molecule has 0 unspecified atom stereocenters. The number of imidazole rings is 1. The van der Waals surface area contributed by atoms with Crippen LogP contribution in [-0.4, -0.2) is 87.4 Å². The molecule has 7 rings (SSSR count). The lowest BCUT2D eigenvalue weighted by Crippen LogP contribution is -2.55. The molecule has 1 atom stereocenters. The van der Waals surface area contributed by atoms with Crippen molar-refractivity contribution in [3.8, 4) is 17.3 Å². The second-order valence-corrected chi connectivity index (χ2v) is 14.4.